The van der Waals surface area contributed by atoms with Crippen LogP contribution in [0, 0.1) is 29.1 Å². The predicted octanol–water partition coefficient (Wildman–Crippen LogP) is 1.01. The molecule has 3 aliphatic rings. The highest BCUT2D eigenvalue weighted by molar-refractivity contribution is 6.51. The average Bonchev–Trinajstić information content (AvgIpc) is 3.14. The molecule has 0 aromatic carbocycles. The Balaban J connectivity index is 1.79. The van der Waals surface area contributed by atoms with E-state index in [9.17, 15) is 37.6 Å². The Labute approximate surface area is 221 Å². The lowest BCUT2D eigenvalue weighted by atomic mass is 9.98. The molecule has 37 heavy (non-hydrogen) atoms. The summed E-state index contributed by atoms with van der Waals surface area (Å²) in [6, 6.07) is -2.21. The molecule has 0 spiro atoms. The minimum Gasteiger partial charge on any atom is -0.373 e. The van der Waals surface area contributed by atoms with Gasteiger partial charge >= 0.3 is 12.1 Å². The highest BCUT2D eigenvalue weighted by Crippen LogP contribution is 2.65. The minimum atomic E-state index is -5.25. The van der Waals surface area contributed by atoms with Gasteiger partial charge in [-0.05, 0) is 33.6 Å². The van der Waals surface area contributed by atoms with Crippen LogP contribution in [0.5, 0.6) is 0 Å². The normalized spacial score (nSPS) is 28.0. The number of nitrogens with one attached hydrogen (secondary N) is 3. The number of likely N-dealkylation sites (tertiary alicyclic amines) is 1. The third-order valence-corrected chi connectivity index (χ3v) is 7.65. The standard InChI is InChI=1S/C22H28Cl2F3N5O5/c1-20(2,3)37-9-13(31-19(36)22(25,26)27)18(35)32-8-12-14(21(12,23)24)15(32)17(34)30-11(7-28)6-10-4-5-29-16(10)33/h10-15H,4-6,8-9H2,1-3H3,(H,29,33)(H,30,34)(H,31,36)/t10-,11-,12-,13-,14-,15-/m0/s1. The van der Waals surface area contributed by atoms with E-state index in [0.717, 1.165) is 4.90 Å². The Hall–Kier alpha value is -2.30. The van der Waals surface area contributed by atoms with Crippen molar-refractivity contribution < 1.29 is 37.1 Å². The topological polar surface area (TPSA) is 141 Å². The van der Waals surface area contributed by atoms with E-state index in [0.29, 0.717) is 13.0 Å². The van der Waals surface area contributed by atoms with Crippen molar-refractivity contribution in [2.75, 3.05) is 19.7 Å². The Kier molecular flexibility index (Phi) is 8.27. The third-order valence-electron chi connectivity index (χ3n) is 6.58. The van der Waals surface area contributed by atoms with Crippen molar-refractivity contribution in [2.45, 2.75) is 67.8 Å². The maximum Gasteiger partial charge on any atom is 0.471 e. The summed E-state index contributed by atoms with van der Waals surface area (Å²) in [7, 11) is 0. The Morgan fingerprint density at radius 1 is 1.27 bits per heavy atom. The molecule has 0 aromatic heterocycles. The van der Waals surface area contributed by atoms with Crippen LogP contribution in [0.2, 0.25) is 0 Å². The van der Waals surface area contributed by atoms with Crippen LogP contribution in [-0.2, 0) is 23.9 Å². The molecule has 4 amide bonds. The first-order valence-corrected chi connectivity index (χ1v) is 12.4. The summed E-state index contributed by atoms with van der Waals surface area (Å²) in [6.45, 7) is 4.56. The van der Waals surface area contributed by atoms with E-state index < -0.39 is 76.3 Å². The zero-order valence-corrected chi connectivity index (χ0v) is 21.8. The Bertz CT molecular complexity index is 997. The van der Waals surface area contributed by atoms with Crippen LogP contribution in [0.15, 0.2) is 0 Å². The molecule has 3 N–H and O–H groups in total. The molecule has 0 bridgehead atoms. The fraction of sp³-hybridized carbons (Fsp3) is 0.773. The third kappa shape index (κ3) is 6.59. The van der Waals surface area contributed by atoms with E-state index in [1.165, 1.54) is 0 Å². The van der Waals surface area contributed by atoms with Crippen molar-refractivity contribution in [3.05, 3.63) is 0 Å². The van der Waals surface area contributed by atoms with Crippen molar-refractivity contribution in [1.82, 2.24) is 20.9 Å². The fourth-order valence-corrected chi connectivity index (χ4v) is 5.46. The number of ether oxygens (including phenoxy) is 1. The number of fused-ring (bicyclic) bond motifs is 1. The van der Waals surface area contributed by atoms with Crippen LogP contribution in [0.3, 0.4) is 0 Å². The number of alkyl halides is 5. The van der Waals surface area contributed by atoms with Gasteiger partial charge in [0.2, 0.25) is 17.7 Å². The number of amides is 4. The molecule has 0 unspecified atom stereocenters. The highest BCUT2D eigenvalue weighted by Gasteiger charge is 2.74. The SMILES string of the molecule is CC(C)(C)OC[C@H](NC(=O)C(F)(F)F)C(=O)N1C[C@H]2[C@@H]([C@H]1C(=O)N[C@H](C#N)C[C@@H]1CCNC1=O)C2(Cl)Cl. The lowest BCUT2D eigenvalue weighted by Crippen LogP contribution is -2.59. The van der Waals surface area contributed by atoms with Gasteiger partial charge in [0.15, 0.2) is 0 Å². The van der Waals surface area contributed by atoms with Crippen molar-refractivity contribution >= 4 is 46.8 Å². The van der Waals surface area contributed by atoms with Crippen LogP contribution >= 0.6 is 23.2 Å². The number of halogens is 5. The summed E-state index contributed by atoms with van der Waals surface area (Å²) < 4.78 is 42.9. The lowest BCUT2D eigenvalue weighted by molar-refractivity contribution is -0.176. The number of rotatable bonds is 8. The van der Waals surface area contributed by atoms with Crippen molar-refractivity contribution in [3.63, 3.8) is 0 Å². The second-order valence-corrected chi connectivity index (χ2v) is 11.8. The van der Waals surface area contributed by atoms with Gasteiger partial charge in [0.05, 0.1) is 18.3 Å². The zero-order valence-electron chi connectivity index (χ0n) is 20.3. The van der Waals surface area contributed by atoms with Crippen LogP contribution in [-0.4, -0.2) is 82.5 Å². The first-order valence-electron chi connectivity index (χ1n) is 11.6. The molecule has 0 aromatic rings. The summed E-state index contributed by atoms with van der Waals surface area (Å²) in [4.78, 5) is 51.1. The zero-order chi connectivity index (χ0) is 27.9. The summed E-state index contributed by atoms with van der Waals surface area (Å²) in [5.41, 5.74) is -0.848. The highest BCUT2D eigenvalue weighted by atomic mass is 35.5. The van der Waals surface area contributed by atoms with Gasteiger partial charge in [0.25, 0.3) is 0 Å². The van der Waals surface area contributed by atoms with Gasteiger partial charge in [-0.1, -0.05) is 0 Å². The van der Waals surface area contributed by atoms with Gasteiger partial charge in [-0.2, -0.15) is 18.4 Å². The van der Waals surface area contributed by atoms with E-state index in [4.69, 9.17) is 27.9 Å². The van der Waals surface area contributed by atoms with Gasteiger partial charge in [0, 0.05) is 30.8 Å². The van der Waals surface area contributed by atoms with E-state index >= 15 is 0 Å². The molecule has 10 nitrogen and oxygen atoms in total. The molecular weight excluding hydrogens is 542 g/mol. The molecule has 15 heteroatoms. The van der Waals surface area contributed by atoms with Gasteiger partial charge in [0.1, 0.15) is 22.5 Å². The van der Waals surface area contributed by atoms with Gasteiger partial charge in [-0.25, -0.2) is 0 Å². The van der Waals surface area contributed by atoms with Gasteiger partial charge in [-0.15, -0.1) is 23.2 Å². The monoisotopic (exact) mass is 569 g/mol. The molecule has 0 radical (unpaired) electrons. The molecular formula is C22H28Cl2F3N5O5. The average molecular weight is 570 g/mol. The molecule has 206 valence electrons. The predicted molar refractivity (Wildman–Crippen MR) is 124 cm³/mol. The first-order chi connectivity index (χ1) is 17.0. The second kappa shape index (κ2) is 10.5. The van der Waals surface area contributed by atoms with Crippen molar-refractivity contribution in [3.8, 4) is 6.07 Å². The second-order valence-electron chi connectivity index (χ2n) is 10.4. The Morgan fingerprint density at radius 3 is 2.43 bits per heavy atom. The molecule has 3 fully saturated rings. The molecule has 6 atom stereocenters. The number of hydrogen-bond donors (Lipinski definition) is 3. The van der Waals surface area contributed by atoms with Crippen LogP contribution < -0.4 is 16.0 Å². The number of carbonyl (C=O) groups is 4. The summed E-state index contributed by atoms with van der Waals surface area (Å²) >= 11 is 12.6. The molecule has 3 rings (SSSR count). The van der Waals surface area contributed by atoms with Crippen LogP contribution in [0.25, 0.3) is 0 Å². The van der Waals surface area contributed by atoms with Gasteiger partial charge < -0.3 is 25.6 Å². The van der Waals surface area contributed by atoms with Crippen molar-refractivity contribution in [1.29, 1.82) is 5.26 Å². The number of nitriles is 1. The summed E-state index contributed by atoms with van der Waals surface area (Å²) in [5.74, 6) is -6.10. The van der Waals surface area contributed by atoms with E-state index in [1.54, 1.807) is 26.1 Å². The fourth-order valence-electron chi connectivity index (χ4n) is 4.64. The number of carbonyl (C=O) groups excluding carboxylic acids is 4. The molecule has 1 saturated carbocycles. The van der Waals surface area contributed by atoms with Gasteiger partial charge in [-0.3, -0.25) is 19.2 Å². The minimum absolute atomic E-state index is 0.0411. The quantitative estimate of drug-likeness (QED) is 0.373. The maximum absolute atomic E-state index is 13.4. The first kappa shape index (κ1) is 29.3. The number of hydrogen-bond acceptors (Lipinski definition) is 6. The van der Waals surface area contributed by atoms with Crippen LogP contribution in [0.4, 0.5) is 13.2 Å². The number of nitrogens with zero attached hydrogens (tertiary/aromatic N) is 2. The van der Waals surface area contributed by atoms with E-state index in [2.05, 4.69) is 10.6 Å². The lowest BCUT2D eigenvalue weighted by Gasteiger charge is -2.33. The maximum atomic E-state index is 13.4. The summed E-state index contributed by atoms with van der Waals surface area (Å²) in [5, 5.41) is 16.3. The van der Waals surface area contributed by atoms with Crippen LogP contribution in [0.1, 0.15) is 33.6 Å². The molecule has 2 aliphatic heterocycles. The molecule has 2 saturated heterocycles. The molecule has 1 aliphatic carbocycles. The summed E-state index contributed by atoms with van der Waals surface area (Å²) in [6.07, 6.45) is -4.72. The number of piperidine rings is 1. The van der Waals surface area contributed by atoms with E-state index in [-0.39, 0.29) is 18.9 Å². The largest absolute Gasteiger partial charge is 0.471 e. The smallest absolute Gasteiger partial charge is 0.373 e. The van der Waals surface area contributed by atoms with E-state index in [1.807, 2.05) is 6.07 Å². The Morgan fingerprint density at radius 2 is 1.92 bits per heavy atom. The van der Waals surface area contributed by atoms with Crippen molar-refractivity contribution in [2.24, 2.45) is 17.8 Å². The molecule has 2 heterocycles.